The Hall–Kier alpha value is -4.22. The highest BCUT2D eigenvalue weighted by atomic mass is 32.2. The molecule has 4 unspecified atom stereocenters. The van der Waals surface area contributed by atoms with E-state index in [0.717, 1.165) is 33.1 Å². The van der Waals surface area contributed by atoms with Gasteiger partial charge in [0.2, 0.25) is 11.8 Å². The third-order valence-electron chi connectivity index (χ3n) is 9.82. The van der Waals surface area contributed by atoms with Crippen molar-refractivity contribution in [2.24, 2.45) is 29.6 Å². The topological polar surface area (TPSA) is 109 Å². The summed E-state index contributed by atoms with van der Waals surface area (Å²) in [6, 6.07) is 20.6. The van der Waals surface area contributed by atoms with Crippen LogP contribution in [0.5, 0.6) is 5.75 Å². The first-order valence-electron chi connectivity index (χ1n) is 14.9. The molecule has 1 saturated heterocycles. The molecule has 45 heavy (non-hydrogen) atoms. The van der Waals surface area contributed by atoms with Crippen LogP contribution >= 0.6 is 23.1 Å². The Labute approximate surface area is 266 Å². The molecule has 3 amide bonds. The predicted molar refractivity (Wildman–Crippen MR) is 169 cm³/mol. The first kappa shape index (κ1) is 28.3. The van der Waals surface area contributed by atoms with E-state index in [1.54, 1.807) is 17.8 Å². The lowest BCUT2D eigenvalue weighted by Crippen LogP contribution is -2.42. The number of thioether (sulfide) groups is 1. The third kappa shape index (κ3) is 4.54. The van der Waals surface area contributed by atoms with E-state index in [2.05, 4.69) is 10.3 Å². The van der Waals surface area contributed by atoms with E-state index in [9.17, 15) is 23.6 Å². The van der Waals surface area contributed by atoms with Gasteiger partial charge in [-0.15, -0.1) is 11.8 Å². The molecule has 2 aliphatic heterocycles. The number of halogens is 1. The Bertz CT molecular complexity index is 1920. The van der Waals surface area contributed by atoms with Gasteiger partial charge in [-0.3, -0.25) is 24.1 Å². The first-order valence-corrected chi connectivity index (χ1v) is 16.6. The number of carbonyl (C=O) groups is 3. The molecule has 0 radical (unpaired) electrons. The number of aromatic amines is 1. The second-order valence-corrected chi connectivity index (χ2v) is 14.4. The van der Waals surface area contributed by atoms with Crippen molar-refractivity contribution in [2.75, 3.05) is 16.8 Å². The Morgan fingerprint density at radius 1 is 1.00 bits per heavy atom. The van der Waals surface area contributed by atoms with Crippen LogP contribution in [0.1, 0.15) is 28.3 Å². The van der Waals surface area contributed by atoms with Crippen molar-refractivity contribution in [2.45, 2.75) is 29.5 Å². The average molecular weight is 642 g/mol. The van der Waals surface area contributed by atoms with Crippen LogP contribution in [0.3, 0.4) is 0 Å². The molecule has 2 N–H and O–H groups in total. The molecule has 7 atom stereocenters. The number of hydrogen-bond acceptors (Lipinski definition) is 7. The van der Waals surface area contributed by atoms with E-state index in [1.165, 1.54) is 40.5 Å². The average Bonchev–Trinajstić information content (AvgIpc) is 3.77. The summed E-state index contributed by atoms with van der Waals surface area (Å²) in [4.78, 5) is 58.0. The number of nitrogens with one attached hydrogen (secondary N) is 2. The first-order chi connectivity index (χ1) is 21.8. The summed E-state index contributed by atoms with van der Waals surface area (Å²) in [5.74, 6) is -1.76. The summed E-state index contributed by atoms with van der Waals surface area (Å²) in [6.07, 6.45) is 0.761. The van der Waals surface area contributed by atoms with Gasteiger partial charge in [0.15, 0.2) is 6.61 Å². The molecule has 2 bridgehead atoms. The van der Waals surface area contributed by atoms with Crippen molar-refractivity contribution in [1.82, 2.24) is 4.98 Å². The van der Waals surface area contributed by atoms with Crippen LogP contribution in [0.2, 0.25) is 0 Å². The maximum Gasteiger partial charge on any atom is 0.305 e. The smallest absolute Gasteiger partial charge is 0.305 e. The molecule has 228 valence electrons. The number of amides is 3. The number of hydrogen-bond donors (Lipinski definition) is 2. The summed E-state index contributed by atoms with van der Waals surface area (Å²) in [5.41, 5.74) is 3.02. The van der Waals surface area contributed by atoms with Gasteiger partial charge in [-0.1, -0.05) is 41.7 Å². The predicted octanol–water partition coefficient (Wildman–Crippen LogP) is 5.58. The summed E-state index contributed by atoms with van der Waals surface area (Å²) in [5, 5.41) is 3.74. The van der Waals surface area contributed by atoms with Gasteiger partial charge in [0.05, 0.1) is 22.5 Å². The highest BCUT2D eigenvalue weighted by Crippen LogP contribution is 2.68. The number of carbonyl (C=O) groups excluding carboxylic acids is 3. The fourth-order valence-corrected chi connectivity index (χ4v) is 11.0. The minimum atomic E-state index is -0.460. The molecule has 4 aromatic rings. The second-order valence-electron chi connectivity index (χ2n) is 12.2. The summed E-state index contributed by atoms with van der Waals surface area (Å²) in [7, 11) is 0. The zero-order chi connectivity index (χ0) is 31.0. The molecule has 3 aromatic carbocycles. The van der Waals surface area contributed by atoms with Gasteiger partial charge in [-0.05, 0) is 84.7 Å². The molecular weight excluding hydrogens is 614 g/mol. The number of fused-ring (bicyclic) bond motifs is 9. The Kier molecular flexibility index (Phi) is 6.72. The van der Waals surface area contributed by atoms with E-state index in [0.29, 0.717) is 11.4 Å². The lowest BCUT2D eigenvalue weighted by Gasteiger charge is -2.43. The summed E-state index contributed by atoms with van der Waals surface area (Å²) in [6.45, 7) is 1.75. The monoisotopic (exact) mass is 641 g/mol. The third-order valence-corrected chi connectivity index (χ3v) is 12.4. The van der Waals surface area contributed by atoms with Crippen LogP contribution in [-0.2, 0) is 14.4 Å². The molecule has 8 nitrogen and oxygen atoms in total. The van der Waals surface area contributed by atoms with Gasteiger partial charge in [-0.25, -0.2) is 4.39 Å². The summed E-state index contributed by atoms with van der Waals surface area (Å²) < 4.78 is 19.6. The number of para-hydroxylation sites is 1. The van der Waals surface area contributed by atoms with Gasteiger partial charge in [0.1, 0.15) is 11.6 Å². The number of benzene rings is 3. The molecule has 0 spiro atoms. The van der Waals surface area contributed by atoms with Crippen molar-refractivity contribution in [3.05, 3.63) is 104 Å². The molecule has 3 fully saturated rings. The largest absolute Gasteiger partial charge is 0.484 e. The Balaban J connectivity index is 1.09. The zero-order valence-electron chi connectivity index (χ0n) is 24.1. The molecule has 2 aliphatic carbocycles. The summed E-state index contributed by atoms with van der Waals surface area (Å²) >= 11 is 2.81. The number of ether oxygens (including phenoxy) is 1. The highest BCUT2D eigenvalue weighted by Gasteiger charge is 2.69. The van der Waals surface area contributed by atoms with Gasteiger partial charge in [0, 0.05) is 21.7 Å². The molecule has 1 aromatic heterocycles. The number of aryl methyl sites for hydroxylation is 1. The van der Waals surface area contributed by atoms with Crippen LogP contribution < -0.4 is 19.8 Å². The lowest BCUT2D eigenvalue weighted by molar-refractivity contribution is -0.123. The maximum absolute atomic E-state index is 13.9. The quantitative estimate of drug-likeness (QED) is 0.266. The fraction of sp³-hybridized carbons (Fsp3) is 0.294. The number of aromatic nitrogens is 1. The van der Waals surface area contributed by atoms with Crippen molar-refractivity contribution >= 4 is 52.2 Å². The molecule has 3 heterocycles. The number of thiazole rings is 1. The number of imide groups is 1. The normalized spacial score (nSPS) is 27.7. The van der Waals surface area contributed by atoms with Crippen LogP contribution in [-0.4, -0.2) is 34.6 Å². The van der Waals surface area contributed by atoms with Crippen LogP contribution in [0.4, 0.5) is 15.8 Å². The van der Waals surface area contributed by atoms with Crippen molar-refractivity contribution < 1.29 is 23.5 Å². The minimum absolute atomic E-state index is 0.0183. The van der Waals surface area contributed by atoms with Gasteiger partial charge < -0.3 is 15.0 Å². The van der Waals surface area contributed by atoms with E-state index in [1.807, 2.05) is 49.4 Å². The molecule has 2 saturated carbocycles. The van der Waals surface area contributed by atoms with E-state index in [-0.39, 0.29) is 58.1 Å². The van der Waals surface area contributed by atoms with Crippen molar-refractivity contribution in [3.8, 4) is 5.75 Å². The Morgan fingerprint density at radius 2 is 1.76 bits per heavy atom. The van der Waals surface area contributed by atoms with Crippen LogP contribution in [0.15, 0.2) is 82.6 Å². The molecule has 4 aliphatic rings. The van der Waals surface area contributed by atoms with Gasteiger partial charge >= 0.3 is 4.87 Å². The molecular formula is C34H28FN3O5S2. The number of H-pyrrole nitrogens is 1. The fourth-order valence-electron chi connectivity index (χ4n) is 8.08. The van der Waals surface area contributed by atoms with E-state index < -0.39 is 17.7 Å². The SMILES string of the molecule is Cc1ccccc1NC(=O)COc1cccc([C@H]2c3sc(=O)[nH]c3SC3C2[C@H]2C[C@@H]3C3C(=O)N(c4ccc(F)cc4)C(=O)C32)c1. The van der Waals surface area contributed by atoms with Crippen molar-refractivity contribution in [3.63, 3.8) is 0 Å². The number of anilines is 2. The van der Waals surface area contributed by atoms with Crippen LogP contribution in [0, 0.1) is 42.3 Å². The van der Waals surface area contributed by atoms with Gasteiger partial charge in [-0.2, -0.15) is 0 Å². The highest BCUT2D eigenvalue weighted by molar-refractivity contribution is 8.00. The molecule has 8 rings (SSSR count). The van der Waals surface area contributed by atoms with Crippen molar-refractivity contribution in [1.29, 1.82) is 0 Å². The Morgan fingerprint density at radius 3 is 2.53 bits per heavy atom. The lowest BCUT2D eigenvalue weighted by atomic mass is 9.68. The minimum Gasteiger partial charge on any atom is -0.484 e. The number of nitrogens with zero attached hydrogens (tertiary/aromatic N) is 1. The number of rotatable bonds is 6. The van der Waals surface area contributed by atoms with Gasteiger partial charge in [0.25, 0.3) is 5.91 Å². The molecule has 11 heteroatoms. The van der Waals surface area contributed by atoms with Crippen LogP contribution in [0.25, 0.3) is 0 Å². The van der Waals surface area contributed by atoms with E-state index in [4.69, 9.17) is 4.74 Å². The standard InChI is InChI=1S/C34H28FN3O5S2/c1-16-5-2-3-8-23(16)36-24(39)15-43-20-7-4-6-17(13-20)25-26-21-14-22(29(26)44-31-30(25)45-34(42)37-31)28-27(21)32(40)38(33(28)41)19-11-9-18(35)10-12-19/h2-13,21-22,25-29H,14-15H2,1H3,(H,36,39)(H,37,42)/t21-,22-,25-,26?,27?,28?,29?/m1/s1. The van der Waals surface area contributed by atoms with E-state index >= 15 is 0 Å². The maximum atomic E-state index is 13.9. The second kappa shape index (κ2) is 10.7. The zero-order valence-corrected chi connectivity index (χ0v) is 25.7.